The Morgan fingerprint density at radius 1 is 1.12 bits per heavy atom. The van der Waals surface area contributed by atoms with Gasteiger partial charge in [-0.15, -0.1) is 0 Å². The van der Waals surface area contributed by atoms with Gasteiger partial charge in [-0.2, -0.15) is 18.3 Å². The van der Waals surface area contributed by atoms with Crippen LogP contribution in [-0.2, 0) is 16.2 Å². The predicted octanol–water partition coefficient (Wildman–Crippen LogP) is 5.24. The number of nitrogens with one attached hydrogen (secondary N) is 1. The lowest BCUT2D eigenvalue weighted by Crippen LogP contribution is -2.54. The molecule has 0 aliphatic carbocycles. The smallest absolute Gasteiger partial charge is 0.355 e. The fourth-order valence-electron chi connectivity index (χ4n) is 5.67. The van der Waals surface area contributed by atoms with E-state index >= 15 is 0 Å². The van der Waals surface area contributed by atoms with Crippen LogP contribution >= 0.6 is 23.2 Å². The van der Waals surface area contributed by atoms with Crippen LogP contribution in [0.4, 0.5) is 19.0 Å². The Hall–Kier alpha value is -2.19. The lowest BCUT2D eigenvalue weighted by molar-refractivity contribution is -0.140. The summed E-state index contributed by atoms with van der Waals surface area (Å²) in [6.45, 7) is 9.31. The zero-order valence-electron chi connectivity index (χ0n) is 23.6. The van der Waals surface area contributed by atoms with Crippen LogP contribution in [0.25, 0.3) is 11.2 Å². The molecule has 0 radical (unpaired) electrons. The molecule has 0 bridgehead atoms. The molecular weight excluding hydrogens is 614 g/mol. The van der Waals surface area contributed by atoms with Gasteiger partial charge in [0.2, 0.25) is 10.0 Å². The van der Waals surface area contributed by atoms with Gasteiger partial charge in [-0.1, -0.05) is 29.3 Å². The standard InChI is InChI=1S/C27H34Cl2F3N7O2S/c1-16(2)42(40,41)34-8-10-37-9-4-5-18(13-37)19-14-38(15-19)23-12-33-24-25(27(30,31)32)36-39(26(24)35-23)17(3)21-7-6-20(28)11-22(21)29/h6-7,11-12,16-19,34H,4-5,8-10,13-15H2,1-3H3/t17-,18+/m1/s1. The predicted molar refractivity (Wildman–Crippen MR) is 158 cm³/mol. The molecule has 0 unspecified atom stereocenters. The summed E-state index contributed by atoms with van der Waals surface area (Å²) in [5, 5.41) is 4.17. The highest BCUT2D eigenvalue weighted by molar-refractivity contribution is 7.90. The lowest BCUT2D eigenvalue weighted by atomic mass is 9.80. The van der Waals surface area contributed by atoms with E-state index in [0.717, 1.165) is 39.0 Å². The van der Waals surface area contributed by atoms with Gasteiger partial charge in [0, 0.05) is 42.8 Å². The first kappa shape index (κ1) is 31.2. The number of piperidine rings is 1. The maximum atomic E-state index is 13.9. The molecule has 0 amide bonds. The summed E-state index contributed by atoms with van der Waals surface area (Å²) in [5.41, 5.74) is -0.798. The number of hydrogen-bond acceptors (Lipinski definition) is 7. The van der Waals surface area contributed by atoms with Crippen LogP contribution in [0.3, 0.4) is 0 Å². The first-order chi connectivity index (χ1) is 19.7. The molecule has 4 heterocycles. The summed E-state index contributed by atoms with van der Waals surface area (Å²) in [6, 6.07) is 4.18. The Bertz CT molecular complexity index is 1540. The van der Waals surface area contributed by atoms with Crippen LogP contribution in [0, 0.1) is 11.8 Å². The van der Waals surface area contributed by atoms with E-state index in [4.69, 9.17) is 23.2 Å². The van der Waals surface area contributed by atoms with Crippen molar-refractivity contribution in [1.82, 2.24) is 29.4 Å². The molecule has 2 atom stereocenters. The number of halogens is 5. The minimum atomic E-state index is -4.70. The number of hydrogen-bond donors (Lipinski definition) is 1. The van der Waals surface area contributed by atoms with Gasteiger partial charge in [0.25, 0.3) is 0 Å². The van der Waals surface area contributed by atoms with E-state index < -0.39 is 33.2 Å². The summed E-state index contributed by atoms with van der Waals surface area (Å²) in [4.78, 5) is 13.1. The monoisotopic (exact) mass is 647 g/mol. The van der Waals surface area contributed by atoms with Gasteiger partial charge in [0.05, 0.1) is 17.5 Å². The third-order valence-corrected chi connectivity index (χ3v) is 10.6. The summed E-state index contributed by atoms with van der Waals surface area (Å²) < 4.78 is 69.7. The maximum absolute atomic E-state index is 13.9. The van der Waals surface area contributed by atoms with E-state index in [1.54, 1.807) is 39.0 Å². The fourth-order valence-corrected chi connectivity index (χ4v) is 6.95. The number of nitrogens with zero attached hydrogens (tertiary/aromatic N) is 6. The minimum absolute atomic E-state index is 0.0366. The van der Waals surface area contributed by atoms with Gasteiger partial charge in [-0.25, -0.2) is 27.8 Å². The van der Waals surface area contributed by atoms with Crippen molar-refractivity contribution in [2.24, 2.45) is 11.8 Å². The third kappa shape index (κ3) is 6.50. The molecule has 1 aromatic carbocycles. The van der Waals surface area contributed by atoms with Gasteiger partial charge in [0.15, 0.2) is 11.3 Å². The van der Waals surface area contributed by atoms with Crippen LogP contribution in [0.5, 0.6) is 0 Å². The van der Waals surface area contributed by atoms with Crippen molar-refractivity contribution in [3.8, 4) is 0 Å². The number of sulfonamides is 1. The molecule has 2 aromatic heterocycles. The average molecular weight is 649 g/mol. The molecule has 5 rings (SSSR count). The molecule has 42 heavy (non-hydrogen) atoms. The van der Waals surface area contributed by atoms with Crippen molar-refractivity contribution in [2.45, 2.75) is 51.1 Å². The number of benzene rings is 1. The van der Waals surface area contributed by atoms with Crippen molar-refractivity contribution >= 4 is 50.2 Å². The van der Waals surface area contributed by atoms with E-state index in [0.29, 0.717) is 46.4 Å². The molecule has 1 N–H and O–H groups in total. The molecule has 15 heteroatoms. The quantitative estimate of drug-likeness (QED) is 0.339. The fraction of sp³-hybridized carbons (Fsp3) is 0.593. The van der Waals surface area contributed by atoms with Crippen molar-refractivity contribution in [1.29, 1.82) is 0 Å². The summed E-state index contributed by atoms with van der Waals surface area (Å²) in [7, 11) is -3.29. The molecule has 2 fully saturated rings. The largest absolute Gasteiger partial charge is 0.437 e. The Morgan fingerprint density at radius 3 is 2.52 bits per heavy atom. The number of alkyl halides is 3. The second-order valence-electron chi connectivity index (χ2n) is 11.4. The normalized spacial score (nSPS) is 19.9. The van der Waals surface area contributed by atoms with Gasteiger partial charge in [-0.05, 0) is 69.7 Å². The number of likely N-dealkylation sites (tertiary alicyclic amines) is 1. The lowest BCUT2D eigenvalue weighted by Gasteiger charge is -2.47. The van der Waals surface area contributed by atoms with Crippen molar-refractivity contribution in [3.63, 3.8) is 0 Å². The first-order valence-corrected chi connectivity index (χ1v) is 16.3. The topological polar surface area (TPSA) is 96.3 Å². The summed E-state index contributed by atoms with van der Waals surface area (Å²) >= 11 is 12.4. The Morgan fingerprint density at radius 2 is 1.86 bits per heavy atom. The van der Waals surface area contributed by atoms with Crippen LogP contribution in [0.15, 0.2) is 24.4 Å². The summed E-state index contributed by atoms with van der Waals surface area (Å²) in [6.07, 6.45) is -1.20. The van der Waals surface area contributed by atoms with E-state index in [-0.39, 0.29) is 11.2 Å². The van der Waals surface area contributed by atoms with Crippen molar-refractivity contribution < 1.29 is 21.6 Å². The highest BCUT2D eigenvalue weighted by atomic mass is 35.5. The van der Waals surface area contributed by atoms with Crippen molar-refractivity contribution in [2.75, 3.05) is 44.2 Å². The van der Waals surface area contributed by atoms with Gasteiger partial charge >= 0.3 is 6.18 Å². The minimum Gasteiger partial charge on any atom is -0.355 e. The Kier molecular flexibility index (Phi) is 8.98. The molecule has 2 aliphatic rings. The number of anilines is 1. The molecule has 0 spiro atoms. The highest BCUT2D eigenvalue weighted by Gasteiger charge is 2.40. The van der Waals surface area contributed by atoms with E-state index in [9.17, 15) is 21.6 Å². The molecule has 2 aliphatic heterocycles. The maximum Gasteiger partial charge on any atom is 0.437 e. The number of rotatable bonds is 9. The van der Waals surface area contributed by atoms with Crippen LogP contribution in [0.2, 0.25) is 10.0 Å². The number of fused-ring (bicyclic) bond motifs is 1. The second-order valence-corrected chi connectivity index (χ2v) is 14.6. The van der Waals surface area contributed by atoms with Gasteiger partial charge in [-0.3, -0.25) is 0 Å². The van der Waals surface area contributed by atoms with Crippen molar-refractivity contribution in [3.05, 3.63) is 45.7 Å². The van der Waals surface area contributed by atoms with Gasteiger partial charge < -0.3 is 9.80 Å². The zero-order valence-corrected chi connectivity index (χ0v) is 25.9. The van der Waals surface area contributed by atoms with Crippen LogP contribution < -0.4 is 9.62 Å². The molecule has 2 saturated heterocycles. The van der Waals surface area contributed by atoms with E-state index in [2.05, 4.69) is 24.7 Å². The first-order valence-electron chi connectivity index (χ1n) is 14.0. The van der Waals surface area contributed by atoms with Gasteiger partial charge in [0.1, 0.15) is 11.3 Å². The van der Waals surface area contributed by atoms with Crippen LogP contribution in [-0.4, -0.2) is 77.6 Å². The average Bonchev–Trinajstić information content (AvgIpc) is 3.27. The van der Waals surface area contributed by atoms with Crippen LogP contribution in [0.1, 0.15) is 50.9 Å². The molecule has 9 nitrogen and oxygen atoms in total. The number of aromatic nitrogens is 4. The Labute approximate surface area is 253 Å². The Balaban J connectivity index is 1.29. The van der Waals surface area contributed by atoms with E-state index in [1.807, 2.05) is 4.90 Å². The third-order valence-electron chi connectivity index (χ3n) is 8.23. The summed E-state index contributed by atoms with van der Waals surface area (Å²) in [5.74, 6) is 1.35. The second kappa shape index (κ2) is 12.1. The SMILES string of the molecule is CC(C)S(=O)(=O)NCCN1CCC[C@H](C2CN(c3cnc4c(C(F)(F)F)nn([C@H](C)c5ccc(Cl)cc5Cl)c4n3)C2)C1. The highest BCUT2D eigenvalue weighted by Crippen LogP contribution is 2.38. The molecule has 3 aromatic rings. The molecule has 0 saturated carbocycles. The molecule has 230 valence electrons. The molecular formula is C27H34Cl2F3N7O2S. The zero-order chi connectivity index (χ0) is 30.4. The van der Waals surface area contributed by atoms with E-state index in [1.165, 1.54) is 10.9 Å².